The van der Waals surface area contributed by atoms with E-state index in [1.54, 1.807) is 0 Å². The molecule has 22 heavy (non-hydrogen) atoms. The highest BCUT2D eigenvalue weighted by Gasteiger charge is 2.28. The van der Waals surface area contributed by atoms with Crippen LogP contribution in [0.1, 0.15) is 38.2 Å². The number of rotatable bonds is 3. The largest absolute Gasteiger partial charge is 0.390 e. The summed E-state index contributed by atoms with van der Waals surface area (Å²) in [6.07, 6.45) is 3.70. The monoisotopic (exact) mass is 305 g/mol. The summed E-state index contributed by atoms with van der Waals surface area (Å²) in [5, 5.41) is 13.6. The Hall–Kier alpha value is -1.33. The standard InChI is InChI=1S/C17H27N3O2/c1-13-11-15(18-14-3-5-17(2,21)6-4-14)19-16(12-13)20-7-9-22-10-8-20/h11-12,14,21H,3-10H2,1-2H3,(H,18,19). The first-order chi connectivity index (χ1) is 10.5. The maximum absolute atomic E-state index is 10.1. The Bertz CT molecular complexity index is 503. The smallest absolute Gasteiger partial charge is 0.131 e. The number of aryl methyl sites for hydroxylation is 1. The number of ether oxygens (including phenoxy) is 1. The number of nitrogens with one attached hydrogen (secondary N) is 1. The molecule has 0 unspecified atom stereocenters. The molecule has 0 aromatic carbocycles. The van der Waals surface area contributed by atoms with Gasteiger partial charge in [0, 0.05) is 19.1 Å². The van der Waals surface area contributed by atoms with E-state index in [0.29, 0.717) is 6.04 Å². The Kier molecular flexibility index (Phi) is 4.54. The van der Waals surface area contributed by atoms with Crippen molar-refractivity contribution in [2.45, 2.75) is 51.2 Å². The van der Waals surface area contributed by atoms with Crippen molar-refractivity contribution in [3.63, 3.8) is 0 Å². The number of hydrogen-bond donors (Lipinski definition) is 2. The SMILES string of the molecule is Cc1cc(NC2CCC(C)(O)CC2)nc(N2CCOCC2)c1. The lowest BCUT2D eigenvalue weighted by Crippen LogP contribution is -2.37. The topological polar surface area (TPSA) is 57.6 Å². The fourth-order valence-electron chi connectivity index (χ4n) is 3.27. The summed E-state index contributed by atoms with van der Waals surface area (Å²) in [6, 6.07) is 4.66. The molecule has 2 fully saturated rings. The van der Waals surface area contributed by atoms with Gasteiger partial charge in [-0.3, -0.25) is 0 Å². The van der Waals surface area contributed by atoms with E-state index in [-0.39, 0.29) is 0 Å². The molecule has 1 aliphatic heterocycles. The molecular weight excluding hydrogens is 278 g/mol. The van der Waals surface area contributed by atoms with E-state index < -0.39 is 5.60 Å². The molecule has 5 heteroatoms. The first kappa shape index (κ1) is 15.6. The first-order valence-corrected chi connectivity index (χ1v) is 8.32. The van der Waals surface area contributed by atoms with Gasteiger partial charge in [-0.2, -0.15) is 0 Å². The van der Waals surface area contributed by atoms with Crippen molar-refractivity contribution in [3.8, 4) is 0 Å². The molecule has 1 aliphatic carbocycles. The molecular formula is C17H27N3O2. The van der Waals surface area contributed by atoms with Crippen LogP contribution in [0.15, 0.2) is 12.1 Å². The molecule has 2 aliphatic rings. The number of morpholine rings is 1. The molecule has 5 nitrogen and oxygen atoms in total. The molecule has 1 aromatic heterocycles. The van der Waals surface area contributed by atoms with Gasteiger partial charge in [-0.25, -0.2) is 4.98 Å². The zero-order chi connectivity index (χ0) is 15.6. The summed E-state index contributed by atoms with van der Waals surface area (Å²) in [5.74, 6) is 1.99. The van der Waals surface area contributed by atoms with E-state index in [1.807, 2.05) is 6.92 Å². The van der Waals surface area contributed by atoms with E-state index in [1.165, 1.54) is 5.56 Å². The molecule has 0 radical (unpaired) electrons. The summed E-state index contributed by atoms with van der Waals surface area (Å²) < 4.78 is 5.41. The Labute approximate surface area is 132 Å². The van der Waals surface area contributed by atoms with Gasteiger partial charge < -0.3 is 20.1 Å². The highest BCUT2D eigenvalue weighted by atomic mass is 16.5. The average molecular weight is 305 g/mol. The Balaban J connectivity index is 1.67. The average Bonchev–Trinajstić information content (AvgIpc) is 2.50. The molecule has 1 saturated heterocycles. The van der Waals surface area contributed by atoms with Crippen LogP contribution < -0.4 is 10.2 Å². The minimum absolute atomic E-state index is 0.409. The maximum atomic E-state index is 10.1. The quantitative estimate of drug-likeness (QED) is 0.897. The normalized spacial score (nSPS) is 29.4. The van der Waals surface area contributed by atoms with Gasteiger partial charge in [-0.1, -0.05) is 0 Å². The van der Waals surface area contributed by atoms with Gasteiger partial charge in [-0.05, 0) is 57.2 Å². The van der Waals surface area contributed by atoms with Crippen LogP contribution in [0.3, 0.4) is 0 Å². The van der Waals surface area contributed by atoms with E-state index in [4.69, 9.17) is 9.72 Å². The van der Waals surface area contributed by atoms with Crippen molar-refractivity contribution in [2.24, 2.45) is 0 Å². The van der Waals surface area contributed by atoms with E-state index in [0.717, 1.165) is 63.6 Å². The second-order valence-corrected chi connectivity index (χ2v) is 6.90. The van der Waals surface area contributed by atoms with Gasteiger partial charge in [0.1, 0.15) is 11.6 Å². The lowest BCUT2D eigenvalue weighted by Gasteiger charge is -2.34. The molecule has 2 heterocycles. The van der Waals surface area contributed by atoms with E-state index in [9.17, 15) is 5.11 Å². The molecule has 0 spiro atoms. The summed E-state index contributed by atoms with van der Waals surface area (Å²) in [6.45, 7) is 7.41. The summed E-state index contributed by atoms with van der Waals surface area (Å²) in [5.41, 5.74) is 0.735. The predicted octanol–water partition coefficient (Wildman–Crippen LogP) is 2.33. The molecule has 0 atom stereocenters. The van der Waals surface area contributed by atoms with Crippen LogP contribution in [-0.4, -0.2) is 48.0 Å². The number of pyridine rings is 1. The van der Waals surface area contributed by atoms with Crippen LogP contribution in [0, 0.1) is 6.92 Å². The van der Waals surface area contributed by atoms with Crippen LogP contribution >= 0.6 is 0 Å². The van der Waals surface area contributed by atoms with Gasteiger partial charge in [0.2, 0.25) is 0 Å². The molecule has 2 N–H and O–H groups in total. The maximum Gasteiger partial charge on any atom is 0.131 e. The lowest BCUT2D eigenvalue weighted by atomic mass is 9.84. The number of aromatic nitrogens is 1. The van der Waals surface area contributed by atoms with Gasteiger partial charge >= 0.3 is 0 Å². The predicted molar refractivity (Wildman–Crippen MR) is 88.5 cm³/mol. The fourth-order valence-corrected chi connectivity index (χ4v) is 3.27. The van der Waals surface area contributed by atoms with Gasteiger partial charge in [0.15, 0.2) is 0 Å². The Morgan fingerprint density at radius 1 is 1.27 bits per heavy atom. The highest BCUT2D eigenvalue weighted by Crippen LogP contribution is 2.29. The van der Waals surface area contributed by atoms with Crippen molar-refractivity contribution in [1.82, 2.24) is 4.98 Å². The first-order valence-electron chi connectivity index (χ1n) is 8.32. The van der Waals surface area contributed by atoms with Crippen LogP contribution in [0.5, 0.6) is 0 Å². The van der Waals surface area contributed by atoms with Crippen LogP contribution in [-0.2, 0) is 4.74 Å². The van der Waals surface area contributed by atoms with Gasteiger partial charge in [-0.15, -0.1) is 0 Å². The molecule has 0 amide bonds. The van der Waals surface area contributed by atoms with Crippen molar-refractivity contribution < 1.29 is 9.84 Å². The second-order valence-electron chi connectivity index (χ2n) is 6.90. The molecule has 1 saturated carbocycles. The van der Waals surface area contributed by atoms with Crippen molar-refractivity contribution in [3.05, 3.63) is 17.7 Å². The molecule has 3 rings (SSSR count). The van der Waals surface area contributed by atoms with Crippen LogP contribution in [0.4, 0.5) is 11.6 Å². The molecule has 1 aromatic rings. The summed E-state index contributed by atoms with van der Waals surface area (Å²) in [7, 11) is 0. The zero-order valence-electron chi connectivity index (χ0n) is 13.6. The number of hydrogen-bond acceptors (Lipinski definition) is 5. The van der Waals surface area contributed by atoms with Crippen molar-refractivity contribution >= 4 is 11.6 Å². The van der Waals surface area contributed by atoms with Crippen LogP contribution in [0.2, 0.25) is 0 Å². The second kappa shape index (κ2) is 6.42. The summed E-state index contributed by atoms with van der Waals surface area (Å²) >= 11 is 0. The summed E-state index contributed by atoms with van der Waals surface area (Å²) in [4.78, 5) is 7.07. The van der Waals surface area contributed by atoms with Gasteiger partial charge in [0.05, 0.1) is 18.8 Å². The third-order valence-corrected chi connectivity index (χ3v) is 4.71. The lowest BCUT2D eigenvalue weighted by molar-refractivity contribution is 0.0196. The van der Waals surface area contributed by atoms with Crippen molar-refractivity contribution in [2.75, 3.05) is 36.5 Å². The Morgan fingerprint density at radius 2 is 1.95 bits per heavy atom. The highest BCUT2D eigenvalue weighted by molar-refractivity contribution is 5.51. The van der Waals surface area contributed by atoms with Gasteiger partial charge in [0.25, 0.3) is 0 Å². The fraction of sp³-hybridized carbons (Fsp3) is 0.706. The van der Waals surface area contributed by atoms with Crippen LogP contribution in [0.25, 0.3) is 0 Å². The number of anilines is 2. The molecule has 0 bridgehead atoms. The Morgan fingerprint density at radius 3 is 2.64 bits per heavy atom. The molecule has 122 valence electrons. The van der Waals surface area contributed by atoms with Crippen molar-refractivity contribution in [1.29, 1.82) is 0 Å². The van der Waals surface area contributed by atoms with E-state index in [2.05, 4.69) is 29.3 Å². The van der Waals surface area contributed by atoms with E-state index >= 15 is 0 Å². The minimum Gasteiger partial charge on any atom is -0.390 e. The number of nitrogens with zero attached hydrogens (tertiary/aromatic N) is 2. The zero-order valence-corrected chi connectivity index (χ0v) is 13.6. The third kappa shape index (κ3) is 3.90. The third-order valence-electron chi connectivity index (χ3n) is 4.71. The number of aliphatic hydroxyl groups is 1. The minimum atomic E-state index is -0.489.